The van der Waals surface area contributed by atoms with E-state index in [1.807, 2.05) is 30.1 Å². The maximum absolute atomic E-state index is 13.7. The van der Waals surface area contributed by atoms with Crippen molar-refractivity contribution < 1.29 is 9.18 Å². The van der Waals surface area contributed by atoms with Crippen LogP contribution in [0.3, 0.4) is 0 Å². The summed E-state index contributed by atoms with van der Waals surface area (Å²) in [4.78, 5) is 14.0. The highest BCUT2D eigenvalue weighted by atomic mass is 35.5. The second-order valence-corrected chi connectivity index (χ2v) is 6.46. The van der Waals surface area contributed by atoms with Gasteiger partial charge in [-0.1, -0.05) is 48.0 Å². The van der Waals surface area contributed by atoms with Gasteiger partial charge in [0.1, 0.15) is 5.82 Å². The second-order valence-electron chi connectivity index (χ2n) is 6.03. The molecule has 1 amide bonds. The van der Waals surface area contributed by atoms with Crippen molar-refractivity contribution in [2.45, 2.75) is 6.54 Å². The lowest BCUT2D eigenvalue weighted by Crippen LogP contribution is -2.30. The van der Waals surface area contributed by atoms with E-state index < -0.39 is 5.82 Å². The second kappa shape index (κ2) is 7.64. The Kier molecular flexibility index (Phi) is 5.31. The van der Waals surface area contributed by atoms with Crippen LogP contribution >= 0.6 is 11.6 Å². The number of anilines is 1. The molecule has 0 fully saturated rings. The fourth-order valence-corrected chi connectivity index (χ4v) is 2.90. The number of nitrogens with zero attached hydrogens (tertiary/aromatic N) is 1. The number of hydrogen-bond donors (Lipinski definition) is 1. The highest BCUT2D eigenvalue weighted by molar-refractivity contribution is 6.30. The van der Waals surface area contributed by atoms with Crippen LogP contribution < -0.4 is 5.32 Å². The first kappa shape index (κ1) is 17.4. The molecule has 5 heteroatoms. The normalized spacial score (nSPS) is 11.0. The first-order valence-corrected chi connectivity index (χ1v) is 8.30. The summed E-state index contributed by atoms with van der Waals surface area (Å²) in [6, 6.07) is 18.4. The number of carbonyl (C=O) groups is 1. The summed E-state index contributed by atoms with van der Waals surface area (Å²) in [7, 11) is 1.85. The molecule has 0 heterocycles. The lowest BCUT2D eigenvalue weighted by molar-refractivity contribution is -0.117. The molecule has 3 rings (SSSR count). The molecule has 0 radical (unpaired) electrons. The number of benzene rings is 3. The number of hydrogen-bond acceptors (Lipinski definition) is 2. The van der Waals surface area contributed by atoms with Crippen LogP contribution in [0.5, 0.6) is 0 Å². The average Bonchev–Trinajstić information content (AvgIpc) is 2.58. The van der Waals surface area contributed by atoms with Crippen LogP contribution in [0, 0.1) is 5.82 Å². The van der Waals surface area contributed by atoms with Gasteiger partial charge in [0.15, 0.2) is 0 Å². The van der Waals surface area contributed by atoms with Crippen molar-refractivity contribution in [2.75, 3.05) is 18.9 Å². The van der Waals surface area contributed by atoms with Crippen LogP contribution in [0.4, 0.5) is 10.1 Å². The third-order valence-electron chi connectivity index (χ3n) is 3.88. The van der Waals surface area contributed by atoms with Gasteiger partial charge >= 0.3 is 0 Å². The Hall–Kier alpha value is -2.43. The third-order valence-corrected chi connectivity index (χ3v) is 4.12. The zero-order valence-corrected chi connectivity index (χ0v) is 14.6. The molecule has 128 valence electrons. The maximum Gasteiger partial charge on any atom is 0.238 e. The van der Waals surface area contributed by atoms with E-state index in [9.17, 15) is 9.18 Å². The molecule has 3 aromatic carbocycles. The van der Waals surface area contributed by atoms with E-state index in [1.165, 1.54) is 29.0 Å². The largest absolute Gasteiger partial charge is 0.322 e. The van der Waals surface area contributed by atoms with Crippen LogP contribution in [0.15, 0.2) is 60.7 Å². The van der Waals surface area contributed by atoms with Crippen LogP contribution in [0.2, 0.25) is 5.02 Å². The van der Waals surface area contributed by atoms with E-state index in [0.29, 0.717) is 11.6 Å². The number of fused-ring (bicyclic) bond motifs is 1. The predicted octanol–water partition coefficient (Wildman–Crippen LogP) is 4.70. The van der Waals surface area contributed by atoms with E-state index in [0.717, 1.165) is 5.56 Å². The van der Waals surface area contributed by atoms with E-state index in [2.05, 4.69) is 29.6 Å². The molecule has 3 aromatic rings. The van der Waals surface area contributed by atoms with Crippen molar-refractivity contribution in [1.29, 1.82) is 0 Å². The molecule has 0 unspecified atom stereocenters. The smallest absolute Gasteiger partial charge is 0.238 e. The summed E-state index contributed by atoms with van der Waals surface area (Å²) >= 11 is 5.83. The van der Waals surface area contributed by atoms with Crippen LogP contribution in [0.1, 0.15) is 5.56 Å². The topological polar surface area (TPSA) is 32.3 Å². The zero-order valence-electron chi connectivity index (χ0n) is 13.8. The summed E-state index contributed by atoms with van der Waals surface area (Å²) in [5, 5.41) is 5.28. The monoisotopic (exact) mass is 356 g/mol. The van der Waals surface area contributed by atoms with Crippen molar-refractivity contribution in [3.05, 3.63) is 77.1 Å². The van der Waals surface area contributed by atoms with Gasteiger partial charge in [0.05, 0.1) is 12.2 Å². The van der Waals surface area contributed by atoms with Crippen LogP contribution in [-0.2, 0) is 11.3 Å². The Balaban J connectivity index is 1.62. The highest BCUT2D eigenvalue weighted by Gasteiger charge is 2.11. The molecule has 3 nitrogen and oxygen atoms in total. The molecule has 1 N–H and O–H groups in total. The van der Waals surface area contributed by atoms with E-state index in [4.69, 9.17) is 11.6 Å². The van der Waals surface area contributed by atoms with Gasteiger partial charge < -0.3 is 5.32 Å². The Morgan fingerprint density at radius 3 is 2.64 bits per heavy atom. The number of nitrogens with one attached hydrogen (secondary N) is 1. The van der Waals surface area contributed by atoms with Gasteiger partial charge in [-0.25, -0.2) is 4.39 Å². The fourth-order valence-electron chi connectivity index (χ4n) is 2.73. The van der Waals surface area contributed by atoms with E-state index >= 15 is 0 Å². The van der Waals surface area contributed by atoms with Gasteiger partial charge in [-0.05, 0) is 47.6 Å². The molecular weight excluding hydrogens is 339 g/mol. The van der Waals surface area contributed by atoms with E-state index in [-0.39, 0.29) is 18.1 Å². The van der Waals surface area contributed by atoms with Gasteiger partial charge in [-0.3, -0.25) is 9.69 Å². The van der Waals surface area contributed by atoms with Crippen molar-refractivity contribution in [1.82, 2.24) is 4.90 Å². The standard InChI is InChI=1S/C20H18ClFN2O/c1-24(12-14-6-7-15-4-2-3-5-16(15)10-14)13-20(25)23-19-11-17(21)8-9-18(19)22/h2-11H,12-13H2,1H3,(H,23,25). The van der Waals surface area contributed by atoms with Gasteiger partial charge in [-0.2, -0.15) is 0 Å². The van der Waals surface area contributed by atoms with Gasteiger partial charge in [0.2, 0.25) is 5.91 Å². The lowest BCUT2D eigenvalue weighted by Gasteiger charge is -2.17. The third kappa shape index (κ3) is 4.56. The van der Waals surface area contributed by atoms with Crippen LogP contribution in [0.25, 0.3) is 10.8 Å². The van der Waals surface area contributed by atoms with Crippen molar-refractivity contribution in [2.24, 2.45) is 0 Å². The first-order chi connectivity index (χ1) is 12.0. The Morgan fingerprint density at radius 2 is 1.84 bits per heavy atom. The van der Waals surface area contributed by atoms with Gasteiger partial charge in [-0.15, -0.1) is 0 Å². The number of rotatable bonds is 5. The predicted molar refractivity (Wildman–Crippen MR) is 100 cm³/mol. The summed E-state index contributed by atoms with van der Waals surface area (Å²) in [5.41, 5.74) is 1.21. The minimum Gasteiger partial charge on any atom is -0.322 e. The Morgan fingerprint density at radius 1 is 1.08 bits per heavy atom. The quantitative estimate of drug-likeness (QED) is 0.718. The molecule has 0 aromatic heterocycles. The SMILES string of the molecule is CN(CC(=O)Nc1cc(Cl)ccc1F)Cc1ccc2ccccc2c1. The molecular formula is C20H18ClFN2O. The summed E-state index contributed by atoms with van der Waals surface area (Å²) in [5.74, 6) is -0.792. The van der Waals surface area contributed by atoms with Crippen LogP contribution in [-0.4, -0.2) is 24.4 Å². The minimum absolute atomic E-state index is 0.0941. The molecule has 0 aliphatic carbocycles. The van der Waals surface area contributed by atoms with Gasteiger partial charge in [0, 0.05) is 11.6 Å². The summed E-state index contributed by atoms with van der Waals surface area (Å²) < 4.78 is 13.7. The number of carbonyl (C=O) groups excluding carboxylic acids is 1. The van der Waals surface area contributed by atoms with Crippen molar-refractivity contribution in [3.8, 4) is 0 Å². The molecule has 25 heavy (non-hydrogen) atoms. The number of amides is 1. The van der Waals surface area contributed by atoms with E-state index in [1.54, 1.807) is 0 Å². The number of halogens is 2. The fraction of sp³-hybridized carbons (Fsp3) is 0.150. The summed E-state index contributed by atoms with van der Waals surface area (Å²) in [6.45, 7) is 0.773. The Bertz CT molecular complexity index is 913. The first-order valence-electron chi connectivity index (χ1n) is 7.92. The summed E-state index contributed by atoms with van der Waals surface area (Å²) in [6.07, 6.45) is 0. The van der Waals surface area contributed by atoms with Gasteiger partial charge in [0.25, 0.3) is 0 Å². The Labute approximate surface area is 151 Å². The van der Waals surface area contributed by atoms with Crippen molar-refractivity contribution >= 4 is 34.0 Å². The van der Waals surface area contributed by atoms with Crippen molar-refractivity contribution in [3.63, 3.8) is 0 Å². The average molecular weight is 357 g/mol. The molecule has 0 bridgehead atoms. The minimum atomic E-state index is -0.505. The molecule has 0 aliphatic heterocycles. The molecule has 0 saturated heterocycles. The molecule has 0 aliphatic rings. The number of likely N-dealkylation sites (N-methyl/N-ethyl adjacent to an activating group) is 1. The molecule has 0 spiro atoms. The highest BCUT2D eigenvalue weighted by Crippen LogP contribution is 2.20. The lowest BCUT2D eigenvalue weighted by atomic mass is 10.1. The maximum atomic E-state index is 13.7. The molecule has 0 saturated carbocycles. The zero-order chi connectivity index (χ0) is 17.8. The molecule has 0 atom stereocenters.